The maximum absolute atomic E-state index is 7.18. The number of rotatable bonds is 3. The van der Waals surface area contributed by atoms with E-state index in [2.05, 4.69) is 97.6 Å². The smallest absolute Gasteiger partial charge is 0.137 e. The summed E-state index contributed by atoms with van der Waals surface area (Å²) in [7, 11) is 0. The summed E-state index contributed by atoms with van der Waals surface area (Å²) in [4.78, 5) is 2.22. The second-order valence-corrected chi connectivity index (χ2v) is 12.3. The van der Waals surface area contributed by atoms with Crippen molar-refractivity contribution in [1.29, 1.82) is 0 Å². The van der Waals surface area contributed by atoms with Crippen molar-refractivity contribution in [2.75, 3.05) is 4.90 Å². The van der Waals surface area contributed by atoms with E-state index in [-0.39, 0.29) is 5.41 Å². The van der Waals surface area contributed by atoms with Gasteiger partial charge < -0.3 is 13.7 Å². The van der Waals surface area contributed by atoms with Crippen LogP contribution in [0.1, 0.15) is 25.0 Å². The van der Waals surface area contributed by atoms with Crippen molar-refractivity contribution >= 4 is 72.5 Å². The third-order valence-electron chi connectivity index (χ3n) is 9.13. The second kappa shape index (κ2) is 8.76. The first-order chi connectivity index (χ1) is 21.0. The van der Waals surface area contributed by atoms with Crippen LogP contribution in [0.5, 0.6) is 0 Å². The highest BCUT2D eigenvalue weighted by Gasteiger charge is 2.36. The first-order valence-corrected chi connectivity index (χ1v) is 14.9. The first kappa shape index (κ1) is 24.6. The summed E-state index contributed by atoms with van der Waals surface area (Å²) < 4.78 is 12.7. The van der Waals surface area contributed by atoms with Gasteiger partial charge in [-0.3, -0.25) is 0 Å². The van der Waals surface area contributed by atoms with Crippen molar-refractivity contribution in [3.8, 4) is 11.1 Å². The topological polar surface area (TPSA) is 29.5 Å². The maximum Gasteiger partial charge on any atom is 0.137 e. The fourth-order valence-corrected chi connectivity index (χ4v) is 7.27. The van der Waals surface area contributed by atoms with E-state index in [9.17, 15) is 0 Å². The lowest BCUT2D eigenvalue weighted by Gasteiger charge is -2.28. The van der Waals surface area contributed by atoms with Crippen LogP contribution in [0.3, 0.4) is 0 Å². The second-order valence-electron chi connectivity index (χ2n) is 11.9. The Morgan fingerprint density at radius 3 is 1.88 bits per heavy atom. The Balaban J connectivity index is 1.30. The van der Waals surface area contributed by atoms with Crippen molar-refractivity contribution in [2.24, 2.45) is 0 Å². The van der Waals surface area contributed by atoms with Gasteiger partial charge in [-0.1, -0.05) is 92.2 Å². The van der Waals surface area contributed by atoms with Gasteiger partial charge in [-0.25, -0.2) is 0 Å². The summed E-state index contributed by atoms with van der Waals surface area (Å²) in [6.45, 7) is 4.61. The van der Waals surface area contributed by atoms with Gasteiger partial charge in [0.05, 0.1) is 10.7 Å². The summed E-state index contributed by atoms with van der Waals surface area (Å²) in [5, 5.41) is 4.89. The van der Waals surface area contributed by atoms with Crippen LogP contribution >= 0.6 is 11.6 Å². The van der Waals surface area contributed by atoms with Gasteiger partial charge in [0.25, 0.3) is 0 Å². The van der Waals surface area contributed by atoms with Crippen LogP contribution in [0.2, 0.25) is 5.02 Å². The number of hydrogen-bond donors (Lipinski definition) is 0. The Hall–Kier alpha value is -4.99. The van der Waals surface area contributed by atoms with Crippen molar-refractivity contribution in [1.82, 2.24) is 0 Å². The minimum atomic E-state index is -0.136. The number of nitrogens with zero attached hydrogens (tertiary/aromatic N) is 1. The van der Waals surface area contributed by atoms with E-state index in [1.165, 1.54) is 22.3 Å². The van der Waals surface area contributed by atoms with Gasteiger partial charge in [0.2, 0.25) is 0 Å². The molecule has 2 heterocycles. The first-order valence-electron chi connectivity index (χ1n) is 14.5. The lowest BCUT2D eigenvalue weighted by molar-refractivity contribution is 0.660. The highest BCUT2D eigenvalue weighted by molar-refractivity contribution is 6.35. The van der Waals surface area contributed by atoms with Crippen LogP contribution in [0, 0.1) is 0 Å². The number of furan rings is 2. The average molecular weight is 576 g/mol. The van der Waals surface area contributed by atoms with E-state index in [1.54, 1.807) is 0 Å². The van der Waals surface area contributed by atoms with Crippen LogP contribution in [0.4, 0.5) is 17.1 Å². The Morgan fingerprint density at radius 1 is 0.512 bits per heavy atom. The molecule has 0 aliphatic heterocycles. The molecule has 0 bridgehead atoms. The van der Waals surface area contributed by atoms with Gasteiger partial charge in [0, 0.05) is 50.5 Å². The summed E-state index contributed by atoms with van der Waals surface area (Å²) >= 11 is 7.18. The van der Waals surface area contributed by atoms with E-state index in [0.717, 1.165) is 60.9 Å². The maximum atomic E-state index is 7.18. The van der Waals surface area contributed by atoms with Crippen molar-refractivity contribution in [3.63, 3.8) is 0 Å². The fourth-order valence-electron chi connectivity index (χ4n) is 7.02. The largest absolute Gasteiger partial charge is 0.456 e. The van der Waals surface area contributed by atoms with E-state index >= 15 is 0 Å². The highest BCUT2D eigenvalue weighted by atomic mass is 35.5. The zero-order chi connectivity index (χ0) is 28.9. The van der Waals surface area contributed by atoms with Gasteiger partial charge in [-0.2, -0.15) is 0 Å². The molecule has 0 unspecified atom stereocenters. The lowest BCUT2D eigenvalue weighted by atomic mass is 9.82. The number of benzene rings is 6. The molecule has 8 aromatic rings. The molecule has 1 aliphatic rings. The third kappa shape index (κ3) is 3.49. The molecule has 0 N–H and O–H groups in total. The molecule has 0 atom stereocenters. The molecule has 0 fully saturated rings. The van der Waals surface area contributed by atoms with Gasteiger partial charge in [0.1, 0.15) is 22.3 Å². The van der Waals surface area contributed by atoms with Crippen LogP contribution in [-0.2, 0) is 5.41 Å². The lowest BCUT2D eigenvalue weighted by Crippen LogP contribution is -2.16. The molecular formula is C39H26ClNO2. The molecule has 3 nitrogen and oxygen atoms in total. The van der Waals surface area contributed by atoms with Crippen molar-refractivity contribution in [3.05, 3.63) is 137 Å². The summed E-state index contributed by atoms with van der Waals surface area (Å²) in [5.41, 5.74) is 11.2. The molecule has 9 rings (SSSR count). The van der Waals surface area contributed by atoms with E-state index in [1.807, 2.05) is 42.5 Å². The van der Waals surface area contributed by atoms with Crippen LogP contribution in [0.15, 0.2) is 130 Å². The zero-order valence-electron chi connectivity index (χ0n) is 23.7. The Bertz CT molecular complexity index is 2410. The average Bonchev–Trinajstić information content (AvgIpc) is 3.65. The van der Waals surface area contributed by atoms with E-state index in [0.29, 0.717) is 5.02 Å². The summed E-state index contributed by atoms with van der Waals surface area (Å²) in [5.74, 6) is 0. The molecule has 0 radical (unpaired) electrons. The van der Waals surface area contributed by atoms with Crippen LogP contribution < -0.4 is 4.90 Å². The predicted molar refractivity (Wildman–Crippen MR) is 178 cm³/mol. The molecule has 0 spiro atoms. The van der Waals surface area contributed by atoms with Gasteiger partial charge in [0.15, 0.2) is 0 Å². The molecule has 1 aliphatic carbocycles. The van der Waals surface area contributed by atoms with Crippen molar-refractivity contribution in [2.45, 2.75) is 19.3 Å². The molecule has 0 saturated heterocycles. The quantitative estimate of drug-likeness (QED) is 0.210. The standard InChI is InChI=1S/C39H26ClNO2/c1-39(2)31-12-6-3-9-25(31)26-17-15-23(19-32(26)39)41(24-16-18-29-27-10-4-7-13-35(27)42-37(29)20-24)34-22-38-30(21-33(34)40)28-11-5-8-14-36(28)43-38/h3-22H,1-2H3. The number of halogens is 1. The highest BCUT2D eigenvalue weighted by Crippen LogP contribution is 2.51. The number of anilines is 3. The van der Waals surface area contributed by atoms with Crippen LogP contribution in [-0.4, -0.2) is 0 Å². The molecule has 206 valence electrons. The van der Waals surface area contributed by atoms with Crippen molar-refractivity contribution < 1.29 is 8.83 Å². The monoisotopic (exact) mass is 575 g/mol. The molecule has 4 heteroatoms. The summed E-state index contributed by atoms with van der Waals surface area (Å²) in [6, 6.07) is 42.2. The molecule has 2 aromatic heterocycles. The summed E-state index contributed by atoms with van der Waals surface area (Å²) in [6.07, 6.45) is 0. The SMILES string of the molecule is CC1(C)c2ccccc2-c2ccc(N(c3ccc4c(c3)oc3ccccc34)c3cc4oc5ccccc5c4cc3Cl)cc21. The zero-order valence-corrected chi connectivity index (χ0v) is 24.4. The normalized spacial score (nSPS) is 13.7. The van der Waals surface area contributed by atoms with E-state index < -0.39 is 0 Å². The molecule has 6 aromatic carbocycles. The fraction of sp³-hybridized carbons (Fsp3) is 0.0769. The molecule has 43 heavy (non-hydrogen) atoms. The number of fused-ring (bicyclic) bond motifs is 9. The predicted octanol–water partition coefficient (Wildman–Crippen LogP) is 11.9. The Kier molecular flexibility index (Phi) is 5.01. The Labute approximate surface area is 253 Å². The minimum Gasteiger partial charge on any atom is -0.456 e. The molecular weight excluding hydrogens is 550 g/mol. The van der Waals surface area contributed by atoms with Gasteiger partial charge in [-0.05, 0) is 64.7 Å². The third-order valence-corrected chi connectivity index (χ3v) is 9.44. The number of hydrogen-bond acceptors (Lipinski definition) is 3. The number of para-hydroxylation sites is 2. The van der Waals surface area contributed by atoms with Gasteiger partial charge in [-0.15, -0.1) is 0 Å². The molecule has 0 saturated carbocycles. The minimum absolute atomic E-state index is 0.136. The van der Waals surface area contributed by atoms with Gasteiger partial charge >= 0.3 is 0 Å². The van der Waals surface area contributed by atoms with E-state index in [4.69, 9.17) is 20.4 Å². The molecule has 0 amide bonds. The van der Waals surface area contributed by atoms with Crippen LogP contribution in [0.25, 0.3) is 55.0 Å². The Morgan fingerprint density at radius 2 is 1.09 bits per heavy atom.